The number of piperidine rings is 1. The van der Waals surface area contributed by atoms with Crippen molar-refractivity contribution in [1.29, 1.82) is 0 Å². The lowest BCUT2D eigenvalue weighted by Gasteiger charge is -2.31. The molecule has 1 saturated carbocycles. The van der Waals surface area contributed by atoms with E-state index in [0.29, 0.717) is 11.6 Å². The molecule has 2 aromatic rings. The van der Waals surface area contributed by atoms with Crippen LogP contribution in [0.25, 0.3) is 10.8 Å². The molecule has 2 heterocycles. The molecule has 0 bridgehead atoms. The van der Waals surface area contributed by atoms with E-state index >= 15 is 0 Å². The number of likely N-dealkylation sites (tertiary alicyclic amines) is 1. The predicted molar refractivity (Wildman–Crippen MR) is 121 cm³/mol. The van der Waals surface area contributed by atoms with Crippen LogP contribution in [0.15, 0.2) is 59.4 Å². The number of rotatable bonds is 4. The minimum atomic E-state index is -0.437. The number of amides is 1. The second-order valence-electron chi connectivity index (χ2n) is 8.61. The molecule has 2 fully saturated rings. The van der Waals surface area contributed by atoms with Crippen LogP contribution >= 0.6 is 0 Å². The van der Waals surface area contributed by atoms with E-state index in [2.05, 4.69) is 15.2 Å². The Kier molecular flexibility index (Phi) is 5.79. The summed E-state index contributed by atoms with van der Waals surface area (Å²) >= 11 is 0. The minimum Gasteiger partial charge on any atom is -0.446 e. The number of nitrogens with zero attached hydrogens (tertiary/aromatic N) is 2. The Bertz CT molecular complexity index is 1070. The lowest BCUT2D eigenvalue weighted by atomic mass is 10.0. The number of benzene rings is 2. The SMILES string of the molecule is O=C(NC1CCN(C=C2N=C(c3cccc4ccccc34)OC2=O)CC1)OC1CCCC1. The maximum Gasteiger partial charge on any atom is 0.407 e. The van der Waals surface area contributed by atoms with E-state index in [-0.39, 0.29) is 18.2 Å². The Morgan fingerprint density at radius 1 is 1.06 bits per heavy atom. The van der Waals surface area contributed by atoms with Gasteiger partial charge in [-0.1, -0.05) is 36.4 Å². The summed E-state index contributed by atoms with van der Waals surface area (Å²) in [6.07, 6.45) is 7.33. The third-order valence-electron chi connectivity index (χ3n) is 6.37. The predicted octanol–water partition coefficient (Wildman–Crippen LogP) is 4.12. The van der Waals surface area contributed by atoms with Crippen LogP contribution in [0.5, 0.6) is 0 Å². The van der Waals surface area contributed by atoms with Crippen molar-refractivity contribution in [1.82, 2.24) is 10.2 Å². The highest BCUT2D eigenvalue weighted by atomic mass is 16.6. The van der Waals surface area contributed by atoms with Crippen molar-refractivity contribution in [3.8, 4) is 0 Å². The lowest BCUT2D eigenvalue weighted by molar-refractivity contribution is -0.130. The van der Waals surface area contributed by atoms with Crippen LogP contribution in [0.4, 0.5) is 4.79 Å². The molecule has 5 rings (SSSR count). The fourth-order valence-corrected chi connectivity index (χ4v) is 4.63. The Balaban J connectivity index is 1.20. The fourth-order valence-electron chi connectivity index (χ4n) is 4.63. The van der Waals surface area contributed by atoms with Gasteiger partial charge in [0, 0.05) is 30.9 Å². The van der Waals surface area contributed by atoms with Crippen LogP contribution < -0.4 is 5.32 Å². The molecule has 0 aromatic heterocycles. The minimum absolute atomic E-state index is 0.0713. The molecule has 32 heavy (non-hydrogen) atoms. The standard InChI is InChI=1S/C25H27N3O4/c29-24-22(27-23(32-24)21-11-5-7-17-6-1-4-10-20(17)21)16-28-14-12-18(13-15-28)26-25(30)31-19-8-2-3-9-19/h1,4-7,10-11,16,18-19H,2-3,8-9,12-15H2,(H,26,30). The van der Waals surface area contributed by atoms with Crippen molar-refractivity contribution in [2.75, 3.05) is 13.1 Å². The van der Waals surface area contributed by atoms with Crippen molar-refractivity contribution in [3.63, 3.8) is 0 Å². The zero-order valence-corrected chi connectivity index (χ0v) is 18.0. The first-order valence-corrected chi connectivity index (χ1v) is 11.4. The molecule has 0 unspecified atom stereocenters. The third-order valence-corrected chi connectivity index (χ3v) is 6.37. The lowest BCUT2D eigenvalue weighted by Crippen LogP contribution is -2.44. The number of carbonyl (C=O) groups excluding carboxylic acids is 2. The number of fused-ring (bicyclic) bond motifs is 1. The maximum absolute atomic E-state index is 12.4. The van der Waals surface area contributed by atoms with Crippen molar-refractivity contribution in [2.45, 2.75) is 50.7 Å². The molecule has 2 aliphatic heterocycles. The number of carbonyl (C=O) groups is 2. The largest absolute Gasteiger partial charge is 0.446 e. The summed E-state index contributed by atoms with van der Waals surface area (Å²) in [5.74, 6) is -0.0995. The molecule has 0 spiro atoms. The number of esters is 1. The average molecular weight is 434 g/mol. The first kappa shape index (κ1) is 20.5. The Labute approximate surface area is 187 Å². The summed E-state index contributed by atoms with van der Waals surface area (Å²) in [5.41, 5.74) is 1.11. The van der Waals surface area contributed by atoms with Gasteiger partial charge in [-0.15, -0.1) is 0 Å². The number of aliphatic imine (C=N–C) groups is 1. The van der Waals surface area contributed by atoms with Gasteiger partial charge in [-0.2, -0.15) is 0 Å². The molecular weight excluding hydrogens is 406 g/mol. The highest BCUT2D eigenvalue weighted by Crippen LogP contribution is 2.25. The number of nitrogens with one attached hydrogen (secondary N) is 1. The molecule has 1 aliphatic carbocycles. The van der Waals surface area contributed by atoms with Crippen LogP contribution in [0, 0.1) is 0 Å². The van der Waals surface area contributed by atoms with Gasteiger partial charge in [0.25, 0.3) is 0 Å². The van der Waals surface area contributed by atoms with E-state index in [0.717, 1.165) is 68.0 Å². The molecule has 0 atom stereocenters. The molecule has 7 heteroatoms. The summed E-state index contributed by atoms with van der Waals surface area (Å²) in [4.78, 5) is 31.1. The normalized spacial score (nSPS) is 21.1. The Morgan fingerprint density at radius 3 is 2.62 bits per heavy atom. The van der Waals surface area contributed by atoms with Gasteiger partial charge in [-0.05, 0) is 55.4 Å². The average Bonchev–Trinajstić information content (AvgIpc) is 3.44. The Morgan fingerprint density at radius 2 is 1.81 bits per heavy atom. The van der Waals surface area contributed by atoms with Crippen molar-refractivity contribution in [3.05, 3.63) is 59.9 Å². The van der Waals surface area contributed by atoms with E-state index in [9.17, 15) is 9.59 Å². The first-order chi connectivity index (χ1) is 15.7. The van der Waals surface area contributed by atoms with E-state index in [1.54, 1.807) is 6.20 Å². The van der Waals surface area contributed by atoms with Crippen molar-refractivity contribution < 1.29 is 19.1 Å². The van der Waals surface area contributed by atoms with Gasteiger partial charge in [-0.25, -0.2) is 14.6 Å². The van der Waals surface area contributed by atoms with Gasteiger partial charge in [0.05, 0.1) is 0 Å². The first-order valence-electron chi connectivity index (χ1n) is 11.4. The van der Waals surface area contributed by atoms with Crippen LogP contribution in [0.2, 0.25) is 0 Å². The monoisotopic (exact) mass is 433 g/mol. The van der Waals surface area contributed by atoms with Gasteiger partial charge in [-0.3, -0.25) is 0 Å². The molecular formula is C25H27N3O4. The molecule has 7 nitrogen and oxygen atoms in total. The number of alkyl carbamates (subject to hydrolysis) is 1. The summed E-state index contributed by atoms with van der Waals surface area (Å²) in [6.45, 7) is 1.45. The maximum atomic E-state index is 12.4. The van der Waals surface area contributed by atoms with Crippen LogP contribution in [-0.2, 0) is 14.3 Å². The quantitative estimate of drug-likeness (QED) is 0.580. The summed E-state index contributed by atoms with van der Waals surface area (Å²) < 4.78 is 11.0. The van der Waals surface area contributed by atoms with Crippen molar-refractivity contribution in [2.24, 2.45) is 4.99 Å². The van der Waals surface area contributed by atoms with Crippen LogP contribution in [0.3, 0.4) is 0 Å². The second kappa shape index (κ2) is 9.02. The van der Waals surface area contributed by atoms with Gasteiger partial charge in [0.15, 0.2) is 5.70 Å². The number of ether oxygens (including phenoxy) is 2. The smallest absolute Gasteiger partial charge is 0.407 e. The number of hydrogen-bond acceptors (Lipinski definition) is 6. The van der Waals surface area contributed by atoms with Gasteiger partial charge in [0.1, 0.15) is 6.10 Å². The van der Waals surface area contributed by atoms with E-state index in [1.165, 1.54) is 0 Å². The van der Waals surface area contributed by atoms with E-state index < -0.39 is 5.97 Å². The number of cyclic esters (lactones) is 1. The molecule has 0 radical (unpaired) electrons. The van der Waals surface area contributed by atoms with E-state index in [1.807, 2.05) is 42.5 Å². The fraction of sp³-hybridized carbons (Fsp3) is 0.400. The topological polar surface area (TPSA) is 80.2 Å². The third kappa shape index (κ3) is 4.47. The van der Waals surface area contributed by atoms with Gasteiger partial charge >= 0.3 is 12.1 Å². The van der Waals surface area contributed by atoms with Crippen molar-refractivity contribution >= 4 is 28.7 Å². The Hall–Kier alpha value is -3.35. The summed E-state index contributed by atoms with van der Waals surface area (Å²) in [7, 11) is 0. The molecule has 1 N–H and O–H groups in total. The molecule has 1 saturated heterocycles. The highest BCUT2D eigenvalue weighted by molar-refractivity contribution is 6.16. The molecule has 2 aromatic carbocycles. The molecule has 3 aliphatic rings. The highest BCUT2D eigenvalue weighted by Gasteiger charge is 2.28. The summed E-state index contributed by atoms with van der Waals surface area (Å²) in [6, 6.07) is 13.9. The van der Waals surface area contributed by atoms with Crippen LogP contribution in [0.1, 0.15) is 44.1 Å². The zero-order chi connectivity index (χ0) is 21.9. The molecule has 166 valence electrons. The summed E-state index contributed by atoms with van der Waals surface area (Å²) in [5, 5.41) is 5.06. The number of hydrogen-bond donors (Lipinski definition) is 1. The van der Waals surface area contributed by atoms with Gasteiger partial charge < -0.3 is 19.7 Å². The zero-order valence-electron chi connectivity index (χ0n) is 18.0. The van der Waals surface area contributed by atoms with Crippen LogP contribution in [-0.4, -0.2) is 48.1 Å². The van der Waals surface area contributed by atoms with Gasteiger partial charge in [0.2, 0.25) is 5.90 Å². The molecule has 1 amide bonds. The second-order valence-corrected chi connectivity index (χ2v) is 8.61. The van der Waals surface area contributed by atoms with E-state index in [4.69, 9.17) is 9.47 Å².